The smallest absolute Gasteiger partial charge is 0.255 e. The molecular formula is C18H18N4O. The molecule has 23 heavy (non-hydrogen) atoms. The summed E-state index contributed by atoms with van der Waals surface area (Å²) in [5, 5.41) is 2.89. The highest BCUT2D eigenvalue weighted by atomic mass is 16.1. The number of anilines is 1. The Labute approximate surface area is 135 Å². The molecule has 2 heterocycles. The Morgan fingerprint density at radius 1 is 1.09 bits per heavy atom. The Bertz CT molecular complexity index is 850. The molecule has 1 N–H and O–H groups in total. The van der Waals surface area contributed by atoms with Crippen LogP contribution in [0.15, 0.2) is 48.9 Å². The van der Waals surface area contributed by atoms with Gasteiger partial charge in [-0.2, -0.15) is 0 Å². The number of aromatic nitrogens is 3. The molecule has 0 aliphatic rings. The lowest BCUT2D eigenvalue weighted by Gasteiger charge is -2.09. The molecule has 2 aromatic heterocycles. The van der Waals surface area contributed by atoms with Crippen LogP contribution in [-0.4, -0.2) is 20.4 Å². The van der Waals surface area contributed by atoms with Gasteiger partial charge in [-0.15, -0.1) is 0 Å². The zero-order valence-electron chi connectivity index (χ0n) is 13.4. The summed E-state index contributed by atoms with van der Waals surface area (Å²) in [6, 6.07) is 9.53. The van der Waals surface area contributed by atoms with Gasteiger partial charge in [0.25, 0.3) is 5.91 Å². The molecular weight excluding hydrogens is 288 g/mol. The van der Waals surface area contributed by atoms with E-state index in [1.54, 1.807) is 12.4 Å². The third-order valence-corrected chi connectivity index (χ3v) is 3.72. The molecule has 5 nitrogen and oxygen atoms in total. The molecule has 0 spiro atoms. The number of benzene rings is 1. The Hall–Kier alpha value is -2.95. The normalized spacial score (nSPS) is 10.6. The number of hydrogen-bond donors (Lipinski definition) is 1. The number of carbonyl (C=O) groups is 1. The summed E-state index contributed by atoms with van der Waals surface area (Å²) in [4.78, 5) is 21.0. The van der Waals surface area contributed by atoms with E-state index in [0.29, 0.717) is 11.3 Å². The Morgan fingerprint density at radius 2 is 1.91 bits per heavy atom. The molecule has 3 rings (SSSR count). The number of pyridine rings is 1. The summed E-state index contributed by atoms with van der Waals surface area (Å²) >= 11 is 0. The average molecular weight is 306 g/mol. The van der Waals surface area contributed by atoms with Gasteiger partial charge in [0.05, 0.1) is 11.9 Å². The molecule has 0 unspecified atom stereocenters. The molecule has 0 bridgehead atoms. The topological polar surface area (TPSA) is 59.8 Å². The van der Waals surface area contributed by atoms with Crippen LogP contribution < -0.4 is 5.32 Å². The first kappa shape index (κ1) is 15.0. The minimum atomic E-state index is -0.125. The van der Waals surface area contributed by atoms with Gasteiger partial charge in [-0.1, -0.05) is 17.7 Å². The predicted octanol–water partition coefficient (Wildman–Crippen LogP) is 3.44. The maximum atomic E-state index is 12.4. The molecule has 0 fully saturated rings. The van der Waals surface area contributed by atoms with E-state index in [0.717, 1.165) is 22.8 Å². The second-order valence-corrected chi connectivity index (χ2v) is 5.52. The molecule has 0 saturated heterocycles. The van der Waals surface area contributed by atoms with Gasteiger partial charge in [0.15, 0.2) is 0 Å². The fourth-order valence-corrected chi connectivity index (χ4v) is 2.40. The molecule has 0 saturated carbocycles. The van der Waals surface area contributed by atoms with Gasteiger partial charge in [-0.25, -0.2) is 9.97 Å². The standard InChI is InChI=1S/C18H18N4O/c1-12-4-5-13(2)16(10-12)18(23)21-15-6-7-17(20-11-15)22-9-8-19-14(22)3/h4-11H,1-3H3,(H,21,23). The second kappa shape index (κ2) is 6.04. The van der Waals surface area contributed by atoms with E-state index < -0.39 is 0 Å². The second-order valence-electron chi connectivity index (χ2n) is 5.52. The molecule has 0 aliphatic heterocycles. The first-order valence-corrected chi connectivity index (χ1v) is 7.39. The van der Waals surface area contributed by atoms with Crippen LogP contribution in [0.25, 0.3) is 5.82 Å². The Kier molecular flexibility index (Phi) is 3.93. The van der Waals surface area contributed by atoms with Crippen molar-refractivity contribution >= 4 is 11.6 Å². The van der Waals surface area contributed by atoms with Gasteiger partial charge in [0.1, 0.15) is 11.6 Å². The van der Waals surface area contributed by atoms with Crippen molar-refractivity contribution in [2.45, 2.75) is 20.8 Å². The minimum Gasteiger partial charge on any atom is -0.321 e. The van der Waals surface area contributed by atoms with Crippen molar-refractivity contribution in [2.75, 3.05) is 5.32 Å². The van der Waals surface area contributed by atoms with E-state index in [1.807, 2.05) is 61.9 Å². The van der Waals surface area contributed by atoms with E-state index in [1.165, 1.54) is 0 Å². The monoisotopic (exact) mass is 306 g/mol. The van der Waals surface area contributed by atoms with Gasteiger partial charge in [0, 0.05) is 18.0 Å². The molecule has 1 aromatic carbocycles. The van der Waals surface area contributed by atoms with Crippen LogP contribution in [-0.2, 0) is 0 Å². The Balaban J connectivity index is 1.79. The molecule has 0 radical (unpaired) electrons. The van der Waals surface area contributed by atoms with Gasteiger partial charge in [-0.3, -0.25) is 9.36 Å². The number of nitrogens with zero attached hydrogens (tertiary/aromatic N) is 3. The average Bonchev–Trinajstić information content (AvgIpc) is 2.96. The molecule has 1 amide bonds. The van der Waals surface area contributed by atoms with Crippen molar-refractivity contribution in [3.8, 4) is 5.82 Å². The van der Waals surface area contributed by atoms with Crippen LogP contribution in [0.3, 0.4) is 0 Å². The summed E-state index contributed by atoms with van der Waals surface area (Å²) in [5.41, 5.74) is 3.36. The zero-order chi connectivity index (χ0) is 16.4. The van der Waals surface area contributed by atoms with Crippen molar-refractivity contribution in [3.63, 3.8) is 0 Å². The number of rotatable bonds is 3. The number of nitrogens with one attached hydrogen (secondary N) is 1. The first-order chi connectivity index (χ1) is 11.0. The highest BCUT2D eigenvalue weighted by Gasteiger charge is 2.10. The van der Waals surface area contributed by atoms with Gasteiger partial charge < -0.3 is 5.32 Å². The Morgan fingerprint density at radius 3 is 2.57 bits per heavy atom. The summed E-state index contributed by atoms with van der Waals surface area (Å²) in [5.74, 6) is 1.51. The quantitative estimate of drug-likeness (QED) is 0.806. The SMILES string of the molecule is Cc1ccc(C)c(C(=O)Nc2ccc(-n3ccnc3C)nc2)c1. The number of amides is 1. The fraction of sp³-hybridized carbons (Fsp3) is 0.167. The van der Waals surface area contributed by atoms with Crippen LogP contribution in [0.5, 0.6) is 0 Å². The summed E-state index contributed by atoms with van der Waals surface area (Å²) in [6.45, 7) is 5.81. The van der Waals surface area contributed by atoms with Crippen molar-refractivity contribution in [3.05, 3.63) is 71.4 Å². The van der Waals surface area contributed by atoms with Crippen molar-refractivity contribution in [2.24, 2.45) is 0 Å². The zero-order valence-corrected chi connectivity index (χ0v) is 13.4. The lowest BCUT2D eigenvalue weighted by atomic mass is 10.1. The van der Waals surface area contributed by atoms with Crippen molar-refractivity contribution in [1.82, 2.24) is 14.5 Å². The maximum Gasteiger partial charge on any atom is 0.255 e. The number of aryl methyl sites for hydroxylation is 3. The number of hydrogen-bond acceptors (Lipinski definition) is 3. The minimum absolute atomic E-state index is 0.125. The van der Waals surface area contributed by atoms with Crippen LogP contribution in [0, 0.1) is 20.8 Å². The van der Waals surface area contributed by atoms with E-state index in [9.17, 15) is 4.79 Å². The van der Waals surface area contributed by atoms with Gasteiger partial charge in [-0.05, 0) is 44.5 Å². The molecule has 3 aromatic rings. The van der Waals surface area contributed by atoms with Gasteiger partial charge in [0.2, 0.25) is 0 Å². The van der Waals surface area contributed by atoms with E-state index in [4.69, 9.17) is 0 Å². The lowest BCUT2D eigenvalue weighted by molar-refractivity contribution is 0.102. The largest absolute Gasteiger partial charge is 0.321 e. The molecule has 0 aliphatic carbocycles. The third-order valence-electron chi connectivity index (χ3n) is 3.72. The van der Waals surface area contributed by atoms with Crippen molar-refractivity contribution in [1.29, 1.82) is 0 Å². The molecule has 5 heteroatoms. The van der Waals surface area contributed by atoms with E-state index in [2.05, 4.69) is 15.3 Å². The van der Waals surface area contributed by atoms with Crippen LogP contribution in [0.2, 0.25) is 0 Å². The number of imidazole rings is 1. The van der Waals surface area contributed by atoms with Crippen LogP contribution >= 0.6 is 0 Å². The number of carbonyl (C=O) groups excluding carboxylic acids is 1. The third kappa shape index (κ3) is 3.13. The lowest BCUT2D eigenvalue weighted by Crippen LogP contribution is -2.14. The first-order valence-electron chi connectivity index (χ1n) is 7.39. The van der Waals surface area contributed by atoms with Crippen molar-refractivity contribution < 1.29 is 4.79 Å². The summed E-state index contributed by atoms with van der Waals surface area (Å²) < 4.78 is 1.89. The van der Waals surface area contributed by atoms with E-state index in [-0.39, 0.29) is 5.91 Å². The maximum absolute atomic E-state index is 12.4. The summed E-state index contributed by atoms with van der Waals surface area (Å²) in [7, 11) is 0. The highest BCUT2D eigenvalue weighted by Crippen LogP contribution is 2.15. The predicted molar refractivity (Wildman–Crippen MR) is 90.0 cm³/mol. The summed E-state index contributed by atoms with van der Waals surface area (Å²) in [6.07, 6.45) is 5.23. The van der Waals surface area contributed by atoms with Crippen LogP contribution in [0.1, 0.15) is 27.3 Å². The highest BCUT2D eigenvalue weighted by molar-refractivity contribution is 6.05. The fourth-order valence-electron chi connectivity index (χ4n) is 2.40. The van der Waals surface area contributed by atoms with E-state index >= 15 is 0 Å². The van der Waals surface area contributed by atoms with Crippen LogP contribution in [0.4, 0.5) is 5.69 Å². The molecule has 0 atom stereocenters. The molecule has 116 valence electrons. The van der Waals surface area contributed by atoms with Gasteiger partial charge >= 0.3 is 0 Å².